The molecule has 108 valence electrons. The SMILES string of the molecule is COCC(NS(=O)(=O)c1c(Cl)sc(Cl)c1C)C(=O)O. The average Bonchev–Trinajstić information content (AvgIpc) is 2.52. The fourth-order valence-electron chi connectivity index (χ4n) is 1.31. The van der Waals surface area contributed by atoms with E-state index < -0.39 is 22.0 Å². The van der Waals surface area contributed by atoms with Crippen LogP contribution in [0.15, 0.2) is 4.90 Å². The number of methoxy groups -OCH3 is 1. The van der Waals surface area contributed by atoms with E-state index >= 15 is 0 Å². The summed E-state index contributed by atoms with van der Waals surface area (Å²) in [5.74, 6) is -1.35. The molecule has 0 aliphatic rings. The Labute approximate surface area is 124 Å². The van der Waals surface area contributed by atoms with Crippen LogP contribution < -0.4 is 4.72 Å². The van der Waals surface area contributed by atoms with Crippen molar-refractivity contribution in [2.24, 2.45) is 0 Å². The maximum atomic E-state index is 12.1. The Hall–Kier alpha value is -0.380. The zero-order valence-corrected chi connectivity index (χ0v) is 13.1. The second kappa shape index (κ2) is 6.38. The molecule has 0 radical (unpaired) electrons. The molecule has 0 saturated heterocycles. The van der Waals surface area contributed by atoms with Crippen LogP contribution in [0.4, 0.5) is 0 Å². The number of ether oxygens (including phenoxy) is 1. The average molecular weight is 348 g/mol. The van der Waals surface area contributed by atoms with Crippen LogP contribution in [-0.4, -0.2) is 39.3 Å². The van der Waals surface area contributed by atoms with Gasteiger partial charge in [0.15, 0.2) is 0 Å². The lowest BCUT2D eigenvalue weighted by Crippen LogP contribution is -2.43. The number of carboxylic acids is 1. The number of hydrogen-bond acceptors (Lipinski definition) is 5. The Balaban J connectivity index is 3.14. The van der Waals surface area contributed by atoms with E-state index in [0.717, 1.165) is 11.3 Å². The second-order valence-electron chi connectivity index (χ2n) is 3.57. The molecule has 0 saturated carbocycles. The Morgan fingerprint density at radius 3 is 2.42 bits per heavy atom. The highest BCUT2D eigenvalue weighted by Gasteiger charge is 2.30. The van der Waals surface area contributed by atoms with Crippen LogP contribution in [0, 0.1) is 6.92 Å². The first-order chi connectivity index (χ1) is 8.70. The molecule has 0 aliphatic carbocycles. The van der Waals surface area contributed by atoms with Gasteiger partial charge in [0, 0.05) is 12.7 Å². The summed E-state index contributed by atoms with van der Waals surface area (Å²) < 4.78 is 31.1. The van der Waals surface area contributed by atoms with E-state index in [0.29, 0.717) is 0 Å². The minimum Gasteiger partial charge on any atom is -0.480 e. The summed E-state index contributed by atoms with van der Waals surface area (Å²) in [5.41, 5.74) is 0.283. The number of rotatable bonds is 6. The van der Waals surface area contributed by atoms with Crippen LogP contribution in [-0.2, 0) is 19.6 Å². The zero-order valence-electron chi connectivity index (χ0n) is 9.94. The van der Waals surface area contributed by atoms with Crippen LogP contribution in [0.3, 0.4) is 0 Å². The normalized spacial score (nSPS) is 13.5. The van der Waals surface area contributed by atoms with Gasteiger partial charge in [0.2, 0.25) is 10.0 Å². The van der Waals surface area contributed by atoms with Gasteiger partial charge in [-0.25, -0.2) is 8.42 Å². The zero-order chi connectivity index (χ0) is 14.8. The van der Waals surface area contributed by atoms with E-state index in [-0.39, 0.29) is 25.7 Å². The molecule has 1 unspecified atom stereocenters. The van der Waals surface area contributed by atoms with Crippen molar-refractivity contribution >= 4 is 50.5 Å². The topological polar surface area (TPSA) is 92.7 Å². The van der Waals surface area contributed by atoms with Crippen LogP contribution in [0.2, 0.25) is 8.67 Å². The third-order valence-corrected chi connectivity index (χ3v) is 5.88. The van der Waals surface area contributed by atoms with Crippen molar-refractivity contribution in [3.05, 3.63) is 14.2 Å². The summed E-state index contributed by atoms with van der Waals surface area (Å²) in [6.45, 7) is 1.19. The smallest absolute Gasteiger partial charge is 0.324 e. The number of aliphatic carboxylic acids is 1. The fraction of sp³-hybridized carbons (Fsp3) is 0.444. The summed E-state index contributed by atoms with van der Waals surface area (Å²) in [7, 11) is -2.82. The molecule has 1 aromatic rings. The number of thiophene rings is 1. The second-order valence-corrected chi connectivity index (χ2v) is 7.45. The molecule has 1 atom stereocenters. The summed E-state index contributed by atoms with van der Waals surface area (Å²) >= 11 is 12.5. The van der Waals surface area contributed by atoms with Gasteiger partial charge >= 0.3 is 5.97 Å². The highest BCUT2D eigenvalue weighted by atomic mass is 35.5. The summed E-state index contributed by atoms with van der Waals surface area (Å²) in [6, 6.07) is -1.40. The van der Waals surface area contributed by atoms with Crippen molar-refractivity contribution in [3.8, 4) is 0 Å². The van der Waals surface area contributed by atoms with Crippen molar-refractivity contribution in [3.63, 3.8) is 0 Å². The Bertz CT molecular complexity index is 584. The van der Waals surface area contributed by atoms with Gasteiger partial charge in [0.25, 0.3) is 0 Å². The lowest BCUT2D eigenvalue weighted by molar-refractivity contribution is -0.140. The molecule has 2 N–H and O–H groups in total. The van der Waals surface area contributed by atoms with Gasteiger partial charge in [0.05, 0.1) is 10.9 Å². The molecule has 0 bridgehead atoms. The van der Waals surface area contributed by atoms with Crippen LogP contribution in [0.25, 0.3) is 0 Å². The highest BCUT2D eigenvalue weighted by molar-refractivity contribution is 7.90. The van der Waals surface area contributed by atoms with Crippen molar-refractivity contribution in [1.29, 1.82) is 0 Å². The molecule has 1 aromatic heterocycles. The molecule has 19 heavy (non-hydrogen) atoms. The maximum Gasteiger partial charge on any atom is 0.324 e. The number of nitrogens with one attached hydrogen (secondary N) is 1. The van der Waals surface area contributed by atoms with Crippen LogP contribution >= 0.6 is 34.5 Å². The summed E-state index contributed by atoms with van der Waals surface area (Å²) in [6.07, 6.45) is 0. The van der Waals surface area contributed by atoms with Gasteiger partial charge in [-0.1, -0.05) is 23.2 Å². The monoisotopic (exact) mass is 347 g/mol. The Morgan fingerprint density at radius 2 is 2.05 bits per heavy atom. The van der Waals surface area contributed by atoms with E-state index in [1.165, 1.54) is 14.0 Å². The number of sulfonamides is 1. The summed E-state index contributed by atoms with van der Waals surface area (Å²) in [5, 5.41) is 8.90. The first-order valence-electron chi connectivity index (χ1n) is 4.89. The van der Waals surface area contributed by atoms with Gasteiger partial charge in [0.1, 0.15) is 15.3 Å². The maximum absolute atomic E-state index is 12.1. The predicted molar refractivity (Wildman–Crippen MR) is 72.7 cm³/mol. The molecular weight excluding hydrogens is 337 g/mol. The van der Waals surface area contributed by atoms with Crippen molar-refractivity contribution in [2.75, 3.05) is 13.7 Å². The molecule has 1 heterocycles. The number of hydrogen-bond donors (Lipinski definition) is 2. The first kappa shape index (κ1) is 16.7. The predicted octanol–water partition coefficient (Wildman–Crippen LogP) is 1.74. The molecule has 0 spiro atoms. The molecule has 10 heteroatoms. The van der Waals surface area contributed by atoms with E-state index in [2.05, 4.69) is 4.74 Å². The third-order valence-electron chi connectivity index (χ3n) is 2.19. The largest absolute Gasteiger partial charge is 0.480 e. The standard InChI is InChI=1S/C9H11Cl2NO5S2/c1-4-6(8(11)18-7(4)10)19(15,16)12-5(3-17-2)9(13)14/h5,12H,3H2,1-2H3,(H,13,14). The molecular formula is C9H11Cl2NO5S2. The highest BCUT2D eigenvalue weighted by Crippen LogP contribution is 2.38. The molecule has 0 amide bonds. The quantitative estimate of drug-likeness (QED) is 0.817. The molecule has 6 nitrogen and oxygen atoms in total. The molecule has 0 aliphatic heterocycles. The third kappa shape index (κ3) is 3.80. The van der Waals surface area contributed by atoms with Crippen molar-refractivity contribution in [1.82, 2.24) is 4.72 Å². The number of carbonyl (C=O) groups is 1. The van der Waals surface area contributed by atoms with Gasteiger partial charge in [-0.3, -0.25) is 4.79 Å². The fourth-order valence-corrected chi connectivity index (χ4v) is 5.05. The van der Waals surface area contributed by atoms with Gasteiger partial charge in [-0.05, 0) is 6.92 Å². The van der Waals surface area contributed by atoms with E-state index in [1.807, 2.05) is 4.72 Å². The molecule has 0 aromatic carbocycles. The molecule has 0 fully saturated rings. The lowest BCUT2D eigenvalue weighted by atomic mass is 10.3. The lowest BCUT2D eigenvalue weighted by Gasteiger charge is -2.14. The van der Waals surface area contributed by atoms with Gasteiger partial charge in [-0.15, -0.1) is 11.3 Å². The van der Waals surface area contributed by atoms with Crippen molar-refractivity contribution < 1.29 is 23.1 Å². The van der Waals surface area contributed by atoms with Crippen LogP contribution in [0.1, 0.15) is 5.56 Å². The number of halogens is 2. The minimum atomic E-state index is -4.08. The number of carboxylic acid groups (broad SMARTS) is 1. The Kier molecular flexibility index (Phi) is 5.60. The first-order valence-corrected chi connectivity index (χ1v) is 7.94. The van der Waals surface area contributed by atoms with E-state index in [4.69, 9.17) is 28.3 Å². The van der Waals surface area contributed by atoms with E-state index in [9.17, 15) is 13.2 Å². The van der Waals surface area contributed by atoms with Crippen LogP contribution in [0.5, 0.6) is 0 Å². The van der Waals surface area contributed by atoms with E-state index in [1.54, 1.807) is 0 Å². The summed E-state index contributed by atoms with van der Waals surface area (Å²) in [4.78, 5) is 10.7. The Morgan fingerprint density at radius 1 is 1.47 bits per heavy atom. The van der Waals surface area contributed by atoms with Gasteiger partial charge in [-0.2, -0.15) is 4.72 Å². The molecule has 1 rings (SSSR count). The van der Waals surface area contributed by atoms with Crippen molar-refractivity contribution in [2.45, 2.75) is 17.9 Å². The minimum absolute atomic E-state index is 0.0171. The van der Waals surface area contributed by atoms with Gasteiger partial charge < -0.3 is 9.84 Å².